The molecule has 0 saturated carbocycles. The number of hydrogen-bond acceptors (Lipinski definition) is 4. The van der Waals surface area contributed by atoms with Crippen molar-refractivity contribution in [3.05, 3.63) is 0 Å². The van der Waals surface area contributed by atoms with Crippen LogP contribution in [0.3, 0.4) is 0 Å². The predicted octanol–water partition coefficient (Wildman–Crippen LogP) is 6.79. The molecule has 0 radical (unpaired) electrons. The zero-order valence-electron chi connectivity index (χ0n) is 20.1. The Morgan fingerprint density at radius 3 is 1.21 bits per heavy atom. The van der Waals surface area contributed by atoms with Gasteiger partial charge in [-0.25, -0.2) is 0 Å². The molecule has 0 atom stereocenters. The van der Waals surface area contributed by atoms with Gasteiger partial charge in [0.05, 0.1) is 26.4 Å². The predicted molar refractivity (Wildman–Crippen MR) is 127 cm³/mol. The summed E-state index contributed by atoms with van der Waals surface area (Å²) in [6.07, 6.45) is 19.6. The van der Waals surface area contributed by atoms with E-state index in [1.165, 1.54) is 89.9 Å². The molecule has 0 heterocycles. The van der Waals surface area contributed by atoms with Gasteiger partial charge in [0, 0.05) is 13.2 Å². The van der Waals surface area contributed by atoms with E-state index >= 15 is 0 Å². The first-order chi connectivity index (χ1) is 14.3. The summed E-state index contributed by atoms with van der Waals surface area (Å²) in [4.78, 5) is 0. The molecule has 0 N–H and O–H groups in total. The van der Waals surface area contributed by atoms with E-state index in [2.05, 4.69) is 6.92 Å². The zero-order valence-corrected chi connectivity index (χ0v) is 21.2. The van der Waals surface area contributed by atoms with Crippen molar-refractivity contribution in [2.24, 2.45) is 0 Å². The van der Waals surface area contributed by atoms with Crippen molar-refractivity contribution in [2.75, 3.05) is 39.6 Å². The lowest BCUT2D eigenvalue weighted by atomic mass is 10.0. The number of ether oxygens (including phenoxy) is 2. The molecule has 0 saturated heterocycles. The third-order valence-electron chi connectivity index (χ3n) is 5.26. The van der Waals surface area contributed by atoms with Crippen molar-refractivity contribution in [3.8, 4) is 0 Å². The minimum Gasteiger partial charge on any atom is -0.394 e. The Morgan fingerprint density at radius 2 is 0.828 bits per heavy atom. The summed E-state index contributed by atoms with van der Waals surface area (Å²) < 4.78 is 22.7. The van der Waals surface area contributed by atoms with Gasteiger partial charge in [-0.3, -0.25) is 0 Å². The van der Waals surface area contributed by atoms with E-state index < -0.39 is 9.28 Å². The second kappa shape index (κ2) is 26.1. The largest absolute Gasteiger partial charge is 0.394 e. The van der Waals surface area contributed by atoms with Crippen LogP contribution in [0.25, 0.3) is 0 Å². The van der Waals surface area contributed by atoms with E-state index in [1.807, 2.05) is 13.8 Å². The molecule has 29 heavy (non-hydrogen) atoms. The van der Waals surface area contributed by atoms with E-state index in [4.69, 9.17) is 18.3 Å². The molecular weight excluding hydrogens is 380 g/mol. The topological polar surface area (TPSA) is 36.9 Å². The number of rotatable bonds is 25. The van der Waals surface area contributed by atoms with Crippen molar-refractivity contribution < 1.29 is 18.3 Å². The molecule has 5 heteroatoms. The van der Waals surface area contributed by atoms with Crippen LogP contribution >= 0.6 is 0 Å². The molecule has 0 bridgehead atoms. The highest BCUT2D eigenvalue weighted by molar-refractivity contribution is 6.44. The molecule has 0 aliphatic rings. The molecule has 0 aliphatic heterocycles. The van der Waals surface area contributed by atoms with E-state index in [-0.39, 0.29) is 0 Å². The second-order valence-electron chi connectivity index (χ2n) is 7.95. The summed E-state index contributed by atoms with van der Waals surface area (Å²) in [6.45, 7) is 10.5. The molecule has 0 fully saturated rings. The fraction of sp³-hybridized carbons (Fsp3) is 1.00. The number of hydrogen-bond donors (Lipinski definition) is 0. The van der Waals surface area contributed by atoms with E-state index in [9.17, 15) is 0 Å². The van der Waals surface area contributed by atoms with Crippen molar-refractivity contribution in [1.82, 2.24) is 0 Å². The van der Waals surface area contributed by atoms with Gasteiger partial charge in [-0.1, -0.05) is 96.8 Å². The summed E-state index contributed by atoms with van der Waals surface area (Å²) in [5.41, 5.74) is 0. The van der Waals surface area contributed by atoms with Crippen molar-refractivity contribution in [1.29, 1.82) is 0 Å². The molecule has 0 spiro atoms. The Balaban J connectivity index is 3.50. The highest BCUT2D eigenvalue weighted by Gasteiger charge is 2.13. The maximum Gasteiger partial charge on any atom is 0.321 e. The van der Waals surface area contributed by atoms with Gasteiger partial charge in [-0.05, 0) is 19.9 Å². The van der Waals surface area contributed by atoms with Crippen LogP contribution in [0.2, 0.25) is 6.04 Å². The van der Waals surface area contributed by atoms with Crippen LogP contribution in [0.1, 0.15) is 111 Å². The third kappa shape index (κ3) is 24.2. The molecule has 4 nitrogen and oxygen atoms in total. The first-order valence-electron chi connectivity index (χ1n) is 12.7. The van der Waals surface area contributed by atoms with Gasteiger partial charge in [-0.2, -0.15) is 0 Å². The third-order valence-corrected chi connectivity index (χ3v) is 7.36. The molecule has 0 aromatic rings. The fourth-order valence-electron chi connectivity index (χ4n) is 3.49. The van der Waals surface area contributed by atoms with Gasteiger partial charge >= 0.3 is 9.28 Å². The van der Waals surface area contributed by atoms with Crippen LogP contribution in [0.5, 0.6) is 0 Å². The lowest BCUT2D eigenvalue weighted by Gasteiger charge is -2.17. The maximum absolute atomic E-state index is 5.97. The second-order valence-corrected chi connectivity index (χ2v) is 10.1. The Bertz CT molecular complexity index is 280. The minimum absolute atomic E-state index is 0.665. The first kappa shape index (κ1) is 29.1. The van der Waals surface area contributed by atoms with E-state index in [0.717, 1.165) is 19.3 Å². The molecule has 0 aliphatic carbocycles. The van der Waals surface area contributed by atoms with E-state index in [0.29, 0.717) is 26.4 Å². The SMILES string of the molecule is CCCCCCCCCCCCCCCC[SiH](OCCOCC)OCCOCC. The van der Waals surface area contributed by atoms with Gasteiger partial charge in [0.2, 0.25) is 0 Å². The van der Waals surface area contributed by atoms with Crippen molar-refractivity contribution in [2.45, 2.75) is 117 Å². The minimum atomic E-state index is -1.57. The summed E-state index contributed by atoms with van der Waals surface area (Å²) >= 11 is 0. The average molecular weight is 433 g/mol. The van der Waals surface area contributed by atoms with Crippen molar-refractivity contribution in [3.63, 3.8) is 0 Å². The monoisotopic (exact) mass is 432 g/mol. The maximum atomic E-state index is 5.97. The highest BCUT2D eigenvalue weighted by atomic mass is 28.3. The van der Waals surface area contributed by atoms with Crippen molar-refractivity contribution >= 4 is 9.28 Å². The Morgan fingerprint density at radius 1 is 0.448 bits per heavy atom. The molecule has 0 amide bonds. The summed E-state index contributed by atoms with van der Waals surface area (Å²) in [6, 6.07) is 1.11. The average Bonchev–Trinajstić information content (AvgIpc) is 2.73. The lowest BCUT2D eigenvalue weighted by molar-refractivity contribution is 0.0748. The smallest absolute Gasteiger partial charge is 0.321 e. The van der Waals surface area contributed by atoms with Gasteiger partial charge < -0.3 is 18.3 Å². The van der Waals surface area contributed by atoms with Crippen LogP contribution in [0.15, 0.2) is 0 Å². The van der Waals surface area contributed by atoms with Crippen LogP contribution < -0.4 is 0 Å². The van der Waals surface area contributed by atoms with Gasteiger partial charge in [0.1, 0.15) is 0 Å². The summed E-state index contributed by atoms with van der Waals surface area (Å²) in [5.74, 6) is 0. The van der Waals surface area contributed by atoms with Crippen LogP contribution in [0.4, 0.5) is 0 Å². The number of unbranched alkanes of at least 4 members (excludes halogenated alkanes) is 13. The first-order valence-corrected chi connectivity index (χ1v) is 14.5. The molecular formula is C24H52O4Si. The Kier molecular flexibility index (Phi) is 26.1. The highest BCUT2D eigenvalue weighted by Crippen LogP contribution is 2.14. The summed E-state index contributed by atoms with van der Waals surface area (Å²) in [7, 11) is -1.57. The normalized spacial score (nSPS) is 11.6. The fourth-order valence-corrected chi connectivity index (χ4v) is 5.26. The van der Waals surface area contributed by atoms with Gasteiger partial charge in [-0.15, -0.1) is 0 Å². The van der Waals surface area contributed by atoms with Crippen LogP contribution in [-0.2, 0) is 18.3 Å². The zero-order chi connectivity index (χ0) is 21.3. The lowest BCUT2D eigenvalue weighted by Crippen LogP contribution is -2.26. The van der Waals surface area contributed by atoms with Crippen LogP contribution in [-0.4, -0.2) is 48.9 Å². The summed E-state index contributed by atoms with van der Waals surface area (Å²) in [5, 5.41) is 0. The Labute approximate surface area is 184 Å². The molecule has 0 rings (SSSR count). The van der Waals surface area contributed by atoms with Gasteiger partial charge in [0.15, 0.2) is 0 Å². The quantitative estimate of drug-likeness (QED) is 0.117. The van der Waals surface area contributed by atoms with Gasteiger partial charge in [0.25, 0.3) is 0 Å². The molecule has 0 aromatic heterocycles. The standard InChI is InChI=1S/C24H52O4Si/c1-4-7-8-9-10-11-12-13-14-15-16-17-18-19-24-29(27-22-20-25-5-2)28-23-21-26-6-3/h29H,4-24H2,1-3H3. The Hall–Kier alpha value is 0.0569. The molecule has 0 aromatic carbocycles. The van der Waals surface area contributed by atoms with Crippen LogP contribution in [0, 0.1) is 0 Å². The molecule has 176 valence electrons. The molecule has 0 unspecified atom stereocenters. The van der Waals surface area contributed by atoms with E-state index in [1.54, 1.807) is 0 Å².